The van der Waals surface area contributed by atoms with Crippen molar-refractivity contribution < 1.29 is 22.7 Å². The number of halogens is 2. The zero-order chi connectivity index (χ0) is 30.4. The fourth-order valence-electron chi connectivity index (χ4n) is 4.91. The summed E-state index contributed by atoms with van der Waals surface area (Å²) in [5, 5.41) is 3.45. The topological polar surface area (TPSA) is 96.0 Å². The van der Waals surface area contributed by atoms with Crippen molar-refractivity contribution in [2.24, 2.45) is 0 Å². The summed E-state index contributed by atoms with van der Waals surface area (Å²) in [6.07, 6.45) is 3.88. The van der Waals surface area contributed by atoms with Gasteiger partial charge in [-0.25, -0.2) is 8.42 Å². The first kappa shape index (κ1) is 31.7. The number of nitrogens with one attached hydrogen (secondary N) is 1. The Morgan fingerprint density at radius 3 is 2.21 bits per heavy atom. The molecule has 11 heteroatoms. The summed E-state index contributed by atoms with van der Waals surface area (Å²) in [4.78, 5) is 28.8. The van der Waals surface area contributed by atoms with Gasteiger partial charge in [0.05, 0.1) is 27.7 Å². The molecule has 0 spiro atoms. The summed E-state index contributed by atoms with van der Waals surface area (Å²) in [5.41, 5.74) is 1.82. The molecule has 0 saturated heterocycles. The number of nitrogens with zero attached hydrogens (tertiary/aromatic N) is 2. The van der Waals surface area contributed by atoms with Gasteiger partial charge in [0.2, 0.25) is 11.8 Å². The Labute approximate surface area is 257 Å². The first-order valence-electron chi connectivity index (χ1n) is 13.8. The van der Waals surface area contributed by atoms with Crippen LogP contribution in [0, 0.1) is 6.92 Å². The van der Waals surface area contributed by atoms with Crippen LogP contribution in [0.4, 0.5) is 5.69 Å². The molecule has 1 N–H and O–H groups in total. The minimum Gasteiger partial charge on any atom is -0.497 e. The predicted molar refractivity (Wildman–Crippen MR) is 166 cm³/mol. The van der Waals surface area contributed by atoms with E-state index in [0.717, 1.165) is 41.1 Å². The van der Waals surface area contributed by atoms with Gasteiger partial charge < -0.3 is 15.0 Å². The molecule has 1 saturated carbocycles. The molecule has 8 nitrogen and oxygen atoms in total. The highest BCUT2D eigenvalue weighted by atomic mass is 35.5. The number of carbonyl (C=O) groups is 2. The number of carbonyl (C=O) groups excluding carboxylic acids is 2. The van der Waals surface area contributed by atoms with E-state index in [2.05, 4.69) is 5.32 Å². The Morgan fingerprint density at radius 2 is 1.62 bits per heavy atom. The number of benzene rings is 3. The van der Waals surface area contributed by atoms with Crippen LogP contribution in [0.25, 0.3) is 0 Å². The van der Waals surface area contributed by atoms with E-state index in [0.29, 0.717) is 5.75 Å². The van der Waals surface area contributed by atoms with E-state index in [1.807, 2.05) is 6.92 Å². The smallest absolute Gasteiger partial charge is 0.264 e. The van der Waals surface area contributed by atoms with Gasteiger partial charge in [-0.2, -0.15) is 0 Å². The van der Waals surface area contributed by atoms with Crippen LogP contribution in [0.15, 0.2) is 71.6 Å². The Hall–Kier alpha value is -3.27. The zero-order valence-electron chi connectivity index (χ0n) is 23.8. The van der Waals surface area contributed by atoms with Gasteiger partial charge in [-0.1, -0.05) is 65.9 Å². The number of methoxy groups -OCH3 is 1. The third-order valence-corrected chi connectivity index (χ3v) is 9.99. The molecule has 4 rings (SSSR count). The number of aryl methyl sites for hydroxylation is 1. The lowest BCUT2D eigenvalue weighted by atomic mass is 10.1. The summed E-state index contributed by atoms with van der Waals surface area (Å²) >= 11 is 12.4. The fraction of sp³-hybridized carbons (Fsp3) is 0.355. The molecule has 1 fully saturated rings. The largest absolute Gasteiger partial charge is 0.497 e. The molecule has 1 aliphatic rings. The van der Waals surface area contributed by atoms with E-state index < -0.39 is 28.5 Å². The van der Waals surface area contributed by atoms with Crippen molar-refractivity contribution in [3.63, 3.8) is 0 Å². The molecule has 42 heavy (non-hydrogen) atoms. The van der Waals surface area contributed by atoms with Crippen LogP contribution in [-0.4, -0.2) is 50.9 Å². The molecular formula is C31H35Cl2N3O5S. The van der Waals surface area contributed by atoms with Crippen LogP contribution < -0.4 is 14.4 Å². The lowest BCUT2D eigenvalue weighted by Gasteiger charge is -2.32. The molecule has 1 aliphatic carbocycles. The molecule has 0 bridgehead atoms. The molecule has 1 unspecified atom stereocenters. The molecular weight excluding hydrogens is 597 g/mol. The normalized spacial score (nSPS) is 14.3. The van der Waals surface area contributed by atoms with Gasteiger partial charge in [0.25, 0.3) is 10.0 Å². The number of amides is 2. The van der Waals surface area contributed by atoms with Crippen molar-refractivity contribution in [1.29, 1.82) is 0 Å². The second-order valence-corrected chi connectivity index (χ2v) is 13.1. The SMILES string of the molecule is COc1ccc(CN(C(=O)CN(c2ccc(Cl)c(Cl)c2)S(=O)(=O)c2ccc(C)cc2)C(C)C(=O)NC2CCCC2)cc1. The molecule has 0 aliphatic heterocycles. The fourth-order valence-corrected chi connectivity index (χ4v) is 6.61. The van der Waals surface area contributed by atoms with Crippen molar-refractivity contribution >= 4 is 50.7 Å². The monoisotopic (exact) mass is 631 g/mol. The molecule has 0 heterocycles. The van der Waals surface area contributed by atoms with E-state index in [1.54, 1.807) is 50.4 Å². The Morgan fingerprint density at radius 1 is 0.976 bits per heavy atom. The Bertz CT molecular complexity index is 1510. The van der Waals surface area contributed by atoms with E-state index in [9.17, 15) is 18.0 Å². The molecule has 3 aromatic carbocycles. The summed E-state index contributed by atoms with van der Waals surface area (Å²) in [6, 6.07) is 17.1. The molecule has 0 aromatic heterocycles. The van der Waals surface area contributed by atoms with Gasteiger partial charge >= 0.3 is 0 Å². The van der Waals surface area contributed by atoms with Crippen molar-refractivity contribution in [3.05, 3.63) is 87.9 Å². The quantitative estimate of drug-likeness (QED) is 0.281. The second-order valence-electron chi connectivity index (χ2n) is 10.5. The van der Waals surface area contributed by atoms with Crippen LogP contribution >= 0.6 is 23.2 Å². The number of hydrogen-bond acceptors (Lipinski definition) is 5. The maximum atomic E-state index is 14.1. The van der Waals surface area contributed by atoms with E-state index >= 15 is 0 Å². The van der Waals surface area contributed by atoms with E-state index in [4.69, 9.17) is 27.9 Å². The van der Waals surface area contributed by atoms with Crippen molar-refractivity contribution in [2.75, 3.05) is 18.0 Å². The van der Waals surface area contributed by atoms with Crippen LogP contribution in [0.1, 0.15) is 43.7 Å². The number of rotatable bonds is 11. The molecule has 2 amide bonds. The van der Waals surface area contributed by atoms with Gasteiger partial charge in [0, 0.05) is 12.6 Å². The predicted octanol–water partition coefficient (Wildman–Crippen LogP) is 5.98. The van der Waals surface area contributed by atoms with Crippen LogP contribution in [0.5, 0.6) is 5.75 Å². The molecule has 0 radical (unpaired) electrons. The number of sulfonamides is 1. The highest BCUT2D eigenvalue weighted by Gasteiger charge is 2.33. The van der Waals surface area contributed by atoms with Gasteiger partial charge in [-0.05, 0) is 74.7 Å². The standard InChI is InChI=1S/C31H35Cl2N3O5S/c1-21-8-15-27(16-9-21)42(39,40)36(25-12-17-28(32)29(33)18-25)20-30(37)35(19-23-10-13-26(41-3)14-11-23)22(2)31(38)34-24-6-4-5-7-24/h8-18,22,24H,4-7,19-20H2,1-3H3,(H,34,38). The summed E-state index contributed by atoms with van der Waals surface area (Å²) in [6.45, 7) is 3.03. The first-order valence-corrected chi connectivity index (χ1v) is 16.0. The summed E-state index contributed by atoms with van der Waals surface area (Å²) in [5.74, 6) is -0.188. The van der Waals surface area contributed by atoms with Crippen LogP contribution in [-0.2, 0) is 26.2 Å². The van der Waals surface area contributed by atoms with Gasteiger partial charge in [0.15, 0.2) is 0 Å². The Kier molecular flexibility index (Phi) is 10.4. The Balaban J connectivity index is 1.70. The maximum absolute atomic E-state index is 14.1. The number of hydrogen-bond donors (Lipinski definition) is 1. The average molecular weight is 633 g/mol. The minimum absolute atomic E-state index is 0.0145. The summed E-state index contributed by atoms with van der Waals surface area (Å²) < 4.78 is 34.1. The average Bonchev–Trinajstić information content (AvgIpc) is 3.49. The van der Waals surface area contributed by atoms with Gasteiger partial charge in [-0.15, -0.1) is 0 Å². The lowest BCUT2D eigenvalue weighted by Crippen LogP contribution is -2.52. The first-order chi connectivity index (χ1) is 20.0. The third-order valence-electron chi connectivity index (χ3n) is 7.46. The van der Waals surface area contributed by atoms with Gasteiger partial charge in [0.1, 0.15) is 18.3 Å². The van der Waals surface area contributed by atoms with Gasteiger partial charge in [-0.3, -0.25) is 13.9 Å². The van der Waals surface area contributed by atoms with Crippen molar-refractivity contribution in [3.8, 4) is 5.75 Å². The highest BCUT2D eigenvalue weighted by molar-refractivity contribution is 7.92. The van der Waals surface area contributed by atoms with Crippen molar-refractivity contribution in [2.45, 2.75) is 63.1 Å². The van der Waals surface area contributed by atoms with E-state index in [-0.39, 0.29) is 39.1 Å². The lowest BCUT2D eigenvalue weighted by molar-refractivity contribution is -0.139. The highest BCUT2D eigenvalue weighted by Crippen LogP contribution is 2.31. The van der Waals surface area contributed by atoms with Crippen molar-refractivity contribution in [1.82, 2.24) is 10.2 Å². The number of anilines is 1. The molecule has 3 aromatic rings. The van der Waals surface area contributed by atoms with E-state index in [1.165, 1.54) is 35.2 Å². The second kappa shape index (κ2) is 13.8. The molecule has 1 atom stereocenters. The van der Waals surface area contributed by atoms with Crippen LogP contribution in [0.3, 0.4) is 0 Å². The third kappa shape index (κ3) is 7.56. The zero-order valence-corrected chi connectivity index (χ0v) is 26.2. The van der Waals surface area contributed by atoms with Crippen LogP contribution in [0.2, 0.25) is 10.0 Å². The summed E-state index contributed by atoms with van der Waals surface area (Å²) in [7, 11) is -2.65. The minimum atomic E-state index is -4.21. The number of ether oxygens (including phenoxy) is 1. The molecule has 224 valence electrons. The maximum Gasteiger partial charge on any atom is 0.264 e.